The molecule has 0 aliphatic carbocycles. The normalized spacial score (nSPS) is 23.2. The summed E-state index contributed by atoms with van der Waals surface area (Å²) in [5.41, 5.74) is 0. The number of aliphatic carboxylic acids is 2. The first-order valence-corrected chi connectivity index (χ1v) is 4.69. The molecule has 0 radical (unpaired) electrons. The van der Waals surface area contributed by atoms with Crippen LogP contribution in [0, 0.1) is 0 Å². The second-order valence-corrected chi connectivity index (χ2v) is 3.16. The highest BCUT2D eigenvalue weighted by molar-refractivity contribution is 5.76. The van der Waals surface area contributed by atoms with Crippen molar-refractivity contribution >= 4 is 11.9 Å². The van der Waals surface area contributed by atoms with Crippen LogP contribution in [0.15, 0.2) is 29.1 Å². The highest BCUT2D eigenvalue weighted by Crippen LogP contribution is 2.19. The van der Waals surface area contributed by atoms with Crippen molar-refractivity contribution in [1.82, 2.24) is 0 Å². The van der Waals surface area contributed by atoms with Gasteiger partial charge in [0.05, 0.1) is 12.5 Å². The van der Waals surface area contributed by atoms with E-state index in [1.807, 2.05) is 12.1 Å². The molecule has 16 heavy (non-hydrogen) atoms. The van der Waals surface area contributed by atoms with Crippen LogP contribution in [0.3, 0.4) is 0 Å². The highest BCUT2D eigenvalue weighted by Gasteiger charge is 2.34. The Labute approximate surface area is 91.4 Å². The van der Waals surface area contributed by atoms with Gasteiger partial charge in [0.25, 0.3) is 0 Å². The number of carboxylic acids is 2. The maximum absolute atomic E-state index is 10.3. The predicted molar refractivity (Wildman–Crippen MR) is 51.9 cm³/mol. The van der Waals surface area contributed by atoms with Gasteiger partial charge in [-0.2, -0.15) is 0 Å². The number of rotatable bonds is 2. The monoisotopic (exact) mass is 228 g/mol. The topological polar surface area (TPSA) is 97.0 Å². The number of carbonyl (C=O) groups is 2. The van der Waals surface area contributed by atoms with Gasteiger partial charge in [0.15, 0.2) is 12.2 Å². The van der Waals surface area contributed by atoms with Crippen molar-refractivity contribution in [2.24, 2.45) is 0 Å². The summed E-state index contributed by atoms with van der Waals surface area (Å²) in [6.45, 7) is 0. The Balaban J connectivity index is 0.000000212. The summed E-state index contributed by atoms with van der Waals surface area (Å²) in [6, 6.07) is 3.67. The molecule has 1 aliphatic heterocycles. The lowest BCUT2D eigenvalue weighted by Gasteiger charge is -2.04. The van der Waals surface area contributed by atoms with Crippen molar-refractivity contribution < 1.29 is 29.0 Å². The van der Waals surface area contributed by atoms with Crippen molar-refractivity contribution in [2.45, 2.75) is 25.0 Å². The minimum absolute atomic E-state index is 0.284. The van der Waals surface area contributed by atoms with Crippen molar-refractivity contribution in [1.29, 1.82) is 0 Å². The molecule has 88 valence electrons. The van der Waals surface area contributed by atoms with Crippen LogP contribution in [-0.4, -0.2) is 34.4 Å². The van der Waals surface area contributed by atoms with Gasteiger partial charge < -0.3 is 19.4 Å². The van der Waals surface area contributed by atoms with Gasteiger partial charge in [-0.25, -0.2) is 9.59 Å². The van der Waals surface area contributed by atoms with Crippen molar-refractivity contribution in [3.63, 3.8) is 0 Å². The Morgan fingerprint density at radius 1 is 1.00 bits per heavy atom. The van der Waals surface area contributed by atoms with Crippen LogP contribution < -0.4 is 0 Å². The maximum Gasteiger partial charge on any atom is 0.332 e. The van der Waals surface area contributed by atoms with Crippen molar-refractivity contribution in [3.8, 4) is 0 Å². The summed E-state index contributed by atoms with van der Waals surface area (Å²) in [6.07, 6.45) is 1.95. The zero-order valence-electron chi connectivity index (χ0n) is 8.41. The fourth-order valence-corrected chi connectivity index (χ4v) is 1.23. The molecule has 2 unspecified atom stereocenters. The van der Waals surface area contributed by atoms with E-state index in [1.54, 1.807) is 12.5 Å². The third-order valence-electron chi connectivity index (χ3n) is 2.00. The molecule has 2 rings (SSSR count). The molecule has 1 aromatic heterocycles. The van der Waals surface area contributed by atoms with E-state index >= 15 is 0 Å². The van der Waals surface area contributed by atoms with Gasteiger partial charge in [-0.3, -0.25) is 0 Å². The Bertz CT molecular complexity index is 294. The number of hydrogen-bond donors (Lipinski definition) is 2. The first kappa shape index (κ1) is 12.3. The Morgan fingerprint density at radius 3 is 1.62 bits per heavy atom. The van der Waals surface area contributed by atoms with Crippen LogP contribution in [0.5, 0.6) is 0 Å². The number of ether oxygens (including phenoxy) is 1. The van der Waals surface area contributed by atoms with Crippen molar-refractivity contribution in [3.05, 3.63) is 24.7 Å². The van der Waals surface area contributed by atoms with E-state index in [-0.39, 0.29) is 12.8 Å². The van der Waals surface area contributed by atoms with E-state index in [0.717, 1.165) is 0 Å². The van der Waals surface area contributed by atoms with Gasteiger partial charge >= 0.3 is 11.9 Å². The van der Waals surface area contributed by atoms with E-state index in [1.165, 1.54) is 0 Å². The molecule has 1 fully saturated rings. The second kappa shape index (κ2) is 5.92. The molecule has 0 amide bonds. The molecule has 0 spiro atoms. The molecule has 0 aromatic carbocycles. The van der Waals surface area contributed by atoms with Crippen LogP contribution in [0.2, 0.25) is 0 Å². The van der Waals surface area contributed by atoms with Gasteiger partial charge in [-0.05, 0) is 25.0 Å². The Morgan fingerprint density at radius 2 is 1.44 bits per heavy atom. The molecule has 2 atom stereocenters. The Hall–Kier alpha value is -1.82. The fraction of sp³-hybridized carbons (Fsp3) is 0.400. The molecule has 2 N–H and O–H groups in total. The molecular formula is C10H12O6. The number of furan rings is 1. The Kier molecular flexibility index (Phi) is 4.53. The maximum atomic E-state index is 10.3. The van der Waals surface area contributed by atoms with E-state index in [2.05, 4.69) is 9.15 Å². The minimum Gasteiger partial charge on any atom is -0.479 e. The van der Waals surface area contributed by atoms with E-state index in [4.69, 9.17) is 10.2 Å². The van der Waals surface area contributed by atoms with Gasteiger partial charge in [0.1, 0.15) is 0 Å². The minimum atomic E-state index is -1.09. The molecule has 1 saturated heterocycles. The van der Waals surface area contributed by atoms with Crippen LogP contribution in [0.4, 0.5) is 0 Å². The number of carboxylic acid groups (broad SMARTS) is 2. The van der Waals surface area contributed by atoms with Crippen molar-refractivity contribution in [2.75, 3.05) is 0 Å². The molecule has 2 heterocycles. The molecule has 6 heteroatoms. The summed E-state index contributed by atoms with van der Waals surface area (Å²) in [5.74, 6) is -2.18. The molecule has 0 saturated carbocycles. The summed E-state index contributed by atoms with van der Waals surface area (Å²) < 4.78 is 9.27. The average molecular weight is 228 g/mol. The standard InChI is InChI=1S/C6H8O5.C4H4O/c7-5(8)3-1-2-4(11-3)6(9)10;1-2-4-5-3-1/h3-4H,1-2H2,(H,7,8)(H,9,10);1-4H. The third-order valence-corrected chi connectivity index (χ3v) is 2.00. The zero-order chi connectivity index (χ0) is 12.0. The zero-order valence-corrected chi connectivity index (χ0v) is 8.41. The third kappa shape index (κ3) is 3.74. The second-order valence-electron chi connectivity index (χ2n) is 3.16. The summed E-state index contributed by atoms with van der Waals surface area (Å²) in [7, 11) is 0. The van der Waals surface area contributed by atoms with Gasteiger partial charge in [-0.15, -0.1) is 0 Å². The predicted octanol–water partition coefficient (Wildman–Crippen LogP) is 0.983. The van der Waals surface area contributed by atoms with Gasteiger partial charge in [0.2, 0.25) is 0 Å². The lowest BCUT2D eigenvalue weighted by atomic mass is 10.2. The smallest absolute Gasteiger partial charge is 0.332 e. The summed E-state index contributed by atoms with van der Waals surface area (Å²) >= 11 is 0. The average Bonchev–Trinajstić information content (AvgIpc) is 2.93. The van der Waals surface area contributed by atoms with Crippen LogP contribution in [-0.2, 0) is 14.3 Å². The first-order valence-electron chi connectivity index (χ1n) is 4.69. The lowest BCUT2D eigenvalue weighted by molar-refractivity contribution is -0.157. The quantitative estimate of drug-likeness (QED) is 0.783. The largest absolute Gasteiger partial charge is 0.479 e. The molecule has 1 aromatic rings. The van der Waals surface area contributed by atoms with Gasteiger partial charge in [0, 0.05) is 0 Å². The van der Waals surface area contributed by atoms with Crippen LogP contribution in [0.1, 0.15) is 12.8 Å². The van der Waals surface area contributed by atoms with E-state index in [9.17, 15) is 9.59 Å². The molecular weight excluding hydrogens is 216 g/mol. The summed E-state index contributed by atoms with van der Waals surface area (Å²) in [5, 5.41) is 16.8. The lowest BCUT2D eigenvalue weighted by Crippen LogP contribution is -2.24. The van der Waals surface area contributed by atoms with E-state index < -0.39 is 24.1 Å². The molecule has 6 nitrogen and oxygen atoms in total. The first-order chi connectivity index (χ1) is 7.61. The SMILES string of the molecule is O=C(O)C1CCC(C(=O)O)O1.c1ccoc1. The van der Waals surface area contributed by atoms with Gasteiger partial charge in [-0.1, -0.05) is 0 Å². The summed E-state index contributed by atoms with van der Waals surface area (Å²) in [4.78, 5) is 20.5. The highest BCUT2D eigenvalue weighted by atomic mass is 16.5. The van der Waals surface area contributed by atoms with Crippen LogP contribution in [0.25, 0.3) is 0 Å². The molecule has 0 bridgehead atoms. The van der Waals surface area contributed by atoms with Crippen LogP contribution >= 0.6 is 0 Å². The number of hydrogen-bond acceptors (Lipinski definition) is 4. The molecule has 1 aliphatic rings. The van der Waals surface area contributed by atoms with E-state index in [0.29, 0.717) is 0 Å². The fourth-order valence-electron chi connectivity index (χ4n) is 1.23.